The zero-order valence-electron chi connectivity index (χ0n) is 15.7. The molecular formula is C20H28O5. The van der Waals surface area contributed by atoms with Crippen molar-refractivity contribution >= 4 is 18.0 Å². The lowest BCUT2D eigenvalue weighted by Gasteiger charge is -2.17. The van der Waals surface area contributed by atoms with Crippen molar-refractivity contribution in [1.82, 2.24) is 0 Å². The van der Waals surface area contributed by atoms with Gasteiger partial charge in [0, 0.05) is 19.1 Å². The van der Waals surface area contributed by atoms with Crippen LogP contribution in [0.1, 0.15) is 45.7 Å². The van der Waals surface area contributed by atoms with E-state index in [-0.39, 0.29) is 11.9 Å². The van der Waals surface area contributed by atoms with Crippen molar-refractivity contribution in [2.24, 2.45) is 0 Å². The molecule has 0 saturated carbocycles. The first kappa shape index (κ1) is 20.9. The molecule has 0 aliphatic rings. The molecule has 0 bridgehead atoms. The second-order valence-corrected chi connectivity index (χ2v) is 6.51. The van der Waals surface area contributed by atoms with Crippen LogP contribution in [0.3, 0.4) is 0 Å². The summed E-state index contributed by atoms with van der Waals surface area (Å²) in [4.78, 5) is 23.6. The van der Waals surface area contributed by atoms with E-state index in [0.29, 0.717) is 19.6 Å². The lowest BCUT2D eigenvalue weighted by atomic mass is 10.1. The molecule has 1 aromatic rings. The van der Waals surface area contributed by atoms with Gasteiger partial charge in [0.1, 0.15) is 5.60 Å². The molecule has 0 unspecified atom stereocenters. The molecule has 25 heavy (non-hydrogen) atoms. The van der Waals surface area contributed by atoms with Crippen molar-refractivity contribution in [3.05, 3.63) is 41.5 Å². The van der Waals surface area contributed by atoms with Crippen LogP contribution >= 0.6 is 0 Å². The average Bonchev–Trinajstić information content (AvgIpc) is 2.52. The molecule has 0 heterocycles. The molecule has 138 valence electrons. The zero-order chi connectivity index (χ0) is 18.9. The fourth-order valence-corrected chi connectivity index (χ4v) is 2.13. The minimum absolute atomic E-state index is 0.330. The number of benzene rings is 1. The highest BCUT2D eigenvalue weighted by Gasteiger charge is 2.20. The van der Waals surface area contributed by atoms with Gasteiger partial charge in [-0.3, -0.25) is 0 Å². The van der Waals surface area contributed by atoms with Gasteiger partial charge in [0.15, 0.2) is 6.10 Å². The van der Waals surface area contributed by atoms with Crippen LogP contribution in [0.25, 0.3) is 6.08 Å². The quantitative estimate of drug-likeness (QED) is 0.531. The van der Waals surface area contributed by atoms with Crippen LogP contribution < -0.4 is 0 Å². The molecule has 5 nitrogen and oxygen atoms in total. The molecule has 1 rings (SSSR count). The number of carbonyl (C=O) groups is 2. The van der Waals surface area contributed by atoms with Gasteiger partial charge < -0.3 is 14.2 Å². The van der Waals surface area contributed by atoms with Gasteiger partial charge in [-0.05, 0) is 51.8 Å². The van der Waals surface area contributed by atoms with E-state index in [1.54, 1.807) is 13.0 Å². The highest BCUT2D eigenvalue weighted by Crippen LogP contribution is 2.12. The maximum atomic E-state index is 11.9. The van der Waals surface area contributed by atoms with E-state index in [2.05, 4.69) is 0 Å². The fraction of sp³-hybridized carbons (Fsp3) is 0.500. The Morgan fingerprint density at radius 1 is 1.08 bits per heavy atom. The van der Waals surface area contributed by atoms with Crippen LogP contribution in [0, 0.1) is 0 Å². The number of esters is 2. The van der Waals surface area contributed by atoms with E-state index in [9.17, 15) is 9.59 Å². The van der Waals surface area contributed by atoms with Crippen molar-refractivity contribution in [3.63, 3.8) is 0 Å². The second kappa shape index (κ2) is 9.99. The highest BCUT2D eigenvalue weighted by atomic mass is 16.6. The topological polar surface area (TPSA) is 61.8 Å². The molecule has 0 spiro atoms. The first-order chi connectivity index (χ1) is 11.7. The van der Waals surface area contributed by atoms with Gasteiger partial charge in [-0.25, -0.2) is 9.59 Å². The lowest BCUT2D eigenvalue weighted by Crippen LogP contribution is -2.28. The minimum Gasteiger partial charge on any atom is -0.464 e. The molecule has 1 atom stereocenters. The summed E-state index contributed by atoms with van der Waals surface area (Å²) in [5.41, 5.74) is 1.33. The van der Waals surface area contributed by atoms with Crippen molar-refractivity contribution in [2.45, 2.75) is 52.7 Å². The van der Waals surface area contributed by atoms with E-state index in [0.717, 1.165) is 11.1 Å². The van der Waals surface area contributed by atoms with Gasteiger partial charge in [-0.1, -0.05) is 24.3 Å². The first-order valence-electron chi connectivity index (χ1n) is 8.53. The van der Waals surface area contributed by atoms with Gasteiger partial charge in [0.2, 0.25) is 0 Å². The SMILES string of the molecule is CCOC(=O)[C@H](Cc1ccc(/C=C/C(=O)OC(C)(C)C)cc1)OCC. The maximum absolute atomic E-state index is 11.9. The molecule has 0 aliphatic heterocycles. The third-order valence-corrected chi connectivity index (χ3v) is 3.14. The summed E-state index contributed by atoms with van der Waals surface area (Å²) >= 11 is 0. The Kier molecular flexibility index (Phi) is 8.35. The van der Waals surface area contributed by atoms with E-state index >= 15 is 0 Å². The summed E-state index contributed by atoms with van der Waals surface area (Å²) < 4.78 is 15.7. The number of hydrogen-bond donors (Lipinski definition) is 0. The number of hydrogen-bond acceptors (Lipinski definition) is 5. The van der Waals surface area contributed by atoms with Crippen molar-refractivity contribution in [2.75, 3.05) is 13.2 Å². The summed E-state index contributed by atoms with van der Waals surface area (Å²) in [5.74, 6) is -0.728. The smallest absolute Gasteiger partial charge is 0.335 e. The molecule has 0 amide bonds. The van der Waals surface area contributed by atoms with Crippen molar-refractivity contribution in [3.8, 4) is 0 Å². The Bertz CT molecular complexity index is 581. The molecule has 0 N–H and O–H groups in total. The Labute approximate surface area is 150 Å². The molecule has 0 aromatic heterocycles. The second-order valence-electron chi connectivity index (χ2n) is 6.51. The average molecular weight is 348 g/mol. The van der Waals surface area contributed by atoms with E-state index in [1.165, 1.54) is 6.08 Å². The van der Waals surface area contributed by atoms with Crippen LogP contribution in [0.5, 0.6) is 0 Å². The minimum atomic E-state index is -0.604. The number of rotatable bonds is 8. The predicted octanol–water partition coefficient (Wildman–Crippen LogP) is 3.55. The van der Waals surface area contributed by atoms with E-state index < -0.39 is 11.7 Å². The highest BCUT2D eigenvalue weighted by molar-refractivity contribution is 5.87. The van der Waals surface area contributed by atoms with Gasteiger partial charge in [0.05, 0.1) is 6.61 Å². The summed E-state index contributed by atoms with van der Waals surface area (Å²) in [6, 6.07) is 7.56. The fourth-order valence-electron chi connectivity index (χ4n) is 2.13. The Morgan fingerprint density at radius 3 is 2.24 bits per heavy atom. The van der Waals surface area contributed by atoms with Crippen LogP contribution in [-0.4, -0.2) is 36.9 Å². The number of carbonyl (C=O) groups excluding carboxylic acids is 2. The van der Waals surface area contributed by atoms with Crippen LogP contribution in [0.15, 0.2) is 30.3 Å². The maximum Gasteiger partial charge on any atom is 0.335 e. The van der Waals surface area contributed by atoms with Gasteiger partial charge >= 0.3 is 11.9 Å². The van der Waals surface area contributed by atoms with E-state index in [1.807, 2.05) is 52.0 Å². The third-order valence-electron chi connectivity index (χ3n) is 3.14. The monoisotopic (exact) mass is 348 g/mol. The van der Waals surface area contributed by atoms with Gasteiger partial charge in [0.25, 0.3) is 0 Å². The van der Waals surface area contributed by atoms with Gasteiger partial charge in [-0.2, -0.15) is 0 Å². The van der Waals surface area contributed by atoms with Crippen LogP contribution in [0.2, 0.25) is 0 Å². The Balaban J connectivity index is 2.68. The Hall–Kier alpha value is -2.14. The summed E-state index contributed by atoms with van der Waals surface area (Å²) in [6.45, 7) is 9.87. The molecule has 5 heteroatoms. The van der Waals surface area contributed by atoms with Crippen molar-refractivity contribution in [1.29, 1.82) is 0 Å². The molecular weight excluding hydrogens is 320 g/mol. The molecule has 0 radical (unpaired) electrons. The van der Waals surface area contributed by atoms with Crippen LogP contribution in [-0.2, 0) is 30.2 Å². The lowest BCUT2D eigenvalue weighted by molar-refractivity contribution is -0.156. The third kappa shape index (κ3) is 8.49. The molecule has 0 fully saturated rings. The first-order valence-corrected chi connectivity index (χ1v) is 8.53. The zero-order valence-corrected chi connectivity index (χ0v) is 15.7. The molecule has 0 aliphatic carbocycles. The standard InChI is InChI=1S/C20H28O5/c1-6-23-17(19(22)24-7-2)14-16-10-8-15(9-11-16)12-13-18(21)25-20(3,4)5/h8-13,17H,6-7,14H2,1-5H3/b13-12+/t17-/m0/s1. The summed E-state index contributed by atoms with van der Waals surface area (Å²) in [7, 11) is 0. The summed E-state index contributed by atoms with van der Waals surface area (Å²) in [6.07, 6.45) is 2.95. The van der Waals surface area contributed by atoms with Gasteiger partial charge in [-0.15, -0.1) is 0 Å². The van der Waals surface area contributed by atoms with E-state index in [4.69, 9.17) is 14.2 Å². The number of ether oxygens (including phenoxy) is 3. The van der Waals surface area contributed by atoms with Crippen LogP contribution in [0.4, 0.5) is 0 Å². The molecule has 0 saturated heterocycles. The molecule has 1 aromatic carbocycles. The normalized spacial score (nSPS) is 12.8. The largest absolute Gasteiger partial charge is 0.464 e. The van der Waals surface area contributed by atoms with Crippen molar-refractivity contribution < 1.29 is 23.8 Å². The summed E-state index contributed by atoms with van der Waals surface area (Å²) in [5, 5.41) is 0. The Morgan fingerprint density at radius 2 is 1.72 bits per heavy atom. The predicted molar refractivity (Wildman–Crippen MR) is 97.1 cm³/mol.